The molecule has 1 aliphatic heterocycles. The number of nitrogens with zero attached hydrogens (tertiary/aromatic N) is 2. The molecule has 0 spiro atoms. The fourth-order valence-corrected chi connectivity index (χ4v) is 2.00. The average Bonchev–Trinajstić information content (AvgIpc) is 2.35. The Morgan fingerprint density at radius 2 is 1.93 bits per heavy atom. The van der Waals surface area contributed by atoms with Crippen molar-refractivity contribution in [2.24, 2.45) is 0 Å². The fourth-order valence-electron chi connectivity index (χ4n) is 1.10. The minimum atomic E-state index is -3.52. The number of hydrogen-bond donors (Lipinski definition) is 0. The average molecular weight is 218 g/mol. The summed E-state index contributed by atoms with van der Waals surface area (Å²) in [5, 5.41) is 0. The fraction of sp³-hybridized carbons (Fsp3) is 0.500. The van der Waals surface area contributed by atoms with E-state index in [1.165, 1.54) is 6.08 Å². The van der Waals surface area contributed by atoms with E-state index < -0.39 is 16.5 Å². The third-order valence-corrected chi connectivity index (χ3v) is 2.90. The third kappa shape index (κ3) is 2.49. The van der Waals surface area contributed by atoms with Gasteiger partial charge in [-0.2, -0.15) is 8.42 Å². The van der Waals surface area contributed by atoms with E-state index in [1.807, 2.05) is 0 Å². The van der Waals surface area contributed by atoms with Crippen LogP contribution in [0.3, 0.4) is 0 Å². The Morgan fingerprint density at radius 3 is 2.36 bits per heavy atom. The molecule has 0 aromatic heterocycles. The smallest absolute Gasteiger partial charge is 0.274 e. The molecule has 0 N–H and O–H groups in total. The van der Waals surface area contributed by atoms with Gasteiger partial charge in [-0.25, -0.2) is 4.18 Å². The van der Waals surface area contributed by atoms with E-state index in [2.05, 4.69) is 6.58 Å². The van der Waals surface area contributed by atoms with Crippen molar-refractivity contribution in [1.29, 1.82) is 0 Å². The summed E-state index contributed by atoms with van der Waals surface area (Å²) < 4.78 is 27.6. The van der Waals surface area contributed by atoms with Gasteiger partial charge >= 0.3 is 0 Å². The van der Waals surface area contributed by atoms with Crippen LogP contribution in [0, 0.1) is 0 Å². The van der Waals surface area contributed by atoms with Gasteiger partial charge in [-0.3, -0.25) is 0 Å². The topological polar surface area (TPSA) is 49.9 Å². The quantitative estimate of drug-likeness (QED) is 0.496. The summed E-state index contributed by atoms with van der Waals surface area (Å²) in [5.41, 5.74) is 0. The van der Waals surface area contributed by atoms with E-state index in [9.17, 15) is 8.42 Å². The predicted molar refractivity (Wildman–Crippen MR) is 53.5 cm³/mol. The highest BCUT2D eigenvalue weighted by Gasteiger charge is 2.26. The molecule has 0 aromatic carbocycles. The standard InChI is InChI=1S/C8H14N2O3S/c1-4-7-14(11,12)13-8-9(2)5-6-10(8)3/h4-6,8H,1,7H2,2-3H3. The van der Waals surface area contributed by atoms with Crippen molar-refractivity contribution in [3.63, 3.8) is 0 Å². The molecule has 0 saturated carbocycles. The summed E-state index contributed by atoms with van der Waals surface area (Å²) in [6.07, 6.45) is 4.21. The Hall–Kier alpha value is -1.01. The van der Waals surface area contributed by atoms with Crippen LogP contribution in [-0.2, 0) is 14.3 Å². The molecule has 0 aromatic rings. The molecule has 1 heterocycles. The second kappa shape index (κ2) is 4.02. The van der Waals surface area contributed by atoms with Crippen LogP contribution in [0.15, 0.2) is 25.1 Å². The van der Waals surface area contributed by atoms with Crippen molar-refractivity contribution in [3.05, 3.63) is 25.1 Å². The molecule has 0 aliphatic carbocycles. The SMILES string of the molecule is C=CCS(=O)(=O)OC1N(C)C=CN1C. The first-order valence-corrected chi connectivity index (χ1v) is 5.68. The maximum Gasteiger partial charge on any atom is 0.274 e. The Kier molecular flexibility index (Phi) is 3.17. The van der Waals surface area contributed by atoms with Crippen LogP contribution in [0.25, 0.3) is 0 Å². The molecule has 6 heteroatoms. The van der Waals surface area contributed by atoms with Gasteiger partial charge in [0.25, 0.3) is 10.1 Å². The maximum absolute atomic E-state index is 11.3. The van der Waals surface area contributed by atoms with E-state index >= 15 is 0 Å². The van der Waals surface area contributed by atoms with E-state index in [1.54, 1.807) is 36.3 Å². The van der Waals surface area contributed by atoms with E-state index in [0.29, 0.717) is 0 Å². The first-order chi connectivity index (χ1) is 6.46. The highest BCUT2D eigenvalue weighted by molar-refractivity contribution is 7.86. The highest BCUT2D eigenvalue weighted by atomic mass is 32.2. The molecule has 0 radical (unpaired) electrons. The van der Waals surface area contributed by atoms with Gasteiger partial charge in [0.1, 0.15) is 0 Å². The first kappa shape index (κ1) is 11.1. The van der Waals surface area contributed by atoms with Crippen LogP contribution < -0.4 is 0 Å². The van der Waals surface area contributed by atoms with Crippen LogP contribution in [0.5, 0.6) is 0 Å². The monoisotopic (exact) mass is 218 g/mol. The lowest BCUT2D eigenvalue weighted by Gasteiger charge is -2.25. The van der Waals surface area contributed by atoms with E-state index in [4.69, 9.17) is 4.18 Å². The predicted octanol–water partition coefficient (Wildman–Crippen LogP) is 0.151. The molecule has 0 saturated heterocycles. The van der Waals surface area contributed by atoms with Crippen molar-refractivity contribution in [3.8, 4) is 0 Å². The Labute approximate surface area is 84.4 Å². The molecule has 0 amide bonds. The summed E-state index contributed by atoms with van der Waals surface area (Å²) in [4.78, 5) is 3.33. The minimum absolute atomic E-state index is 0.175. The molecule has 80 valence electrons. The van der Waals surface area contributed by atoms with Crippen molar-refractivity contribution in [2.75, 3.05) is 19.8 Å². The Balaban J connectivity index is 2.65. The molecular formula is C8H14N2O3S. The van der Waals surface area contributed by atoms with Gasteiger partial charge in [-0.05, 0) is 0 Å². The molecule has 0 bridgehead atoms. The van der Waals surface area contributed by atoms with Gasteiger partial charge in [-0.15, -0.1) is 6.58 Å². The Morgan fingerprint density at radius 1 is 1.43 bits per heavy atom. The van der Waals surface area contributed by atoms with Crippen LogP contribution >= 0.6 is 0 Å². The second-order valence-electron chi connectivity index (χ2n) is 3.06. The number of rotatable bonds is 4. The largest absolute Gasteiger partial charge is 0.336 e. The molecule has 1 aliphatic rings. The molecule has 5 nitrogen and oxygen atoms in total. The van der Waals surface area contributed by atoms with Crippen molar-refractivity contribution >= 4 is 10.1 Å². The lowest BCUT2D eigenvalue weighted by molar-refractivity contribution is 0.00532. The minimum Gasteiger partial charge on any atom is -0.336 e. The summed E-state index contributed by atoms with van der Waals surface area (Å²) in [6, 6.07) is 0. The van der Waals surface area contributed by atoms with Crippen LogP contribution in [0.4, 0.5) is 0 Å². The van der Waals surface area contributed by atoms with E-state index in [-0.39, 0.29) is 5.75 Å². The van der Waals surface area contributed by atoms with Crippen molar-refractivity contribution in [2.45, 2.75) is 6.35 Å². The third-order valence-electron chi connectivity index (χ3n) is 1.79. The van der Waals surface area contributed by atoms with Crippen LogP contribution in [-0.4, -0.2) is 44.4 Å². The highest BCUT2D eigenvalue weighted by Crippen LogP contribution is 2.15. The first-order valence-electron chi connectivity index (χ1n) is 4.10. The molecule has 1 rings (SSSR count). The normalized spacial score (nSPS) is 17.9. The number of hydrogen-bond acceptors (Lipinski definition) is 5. The molecule has 14 heavy (non-hydrogen) atoms. The van der Waals surface area contributed by atoms with Gasteiger partial charge in [0, 0.05) is 26.5 Å². The Bertz CT molecular complexity index is 324. The van der Waals surface area contributed by atoms with Gasteiger partial charge in [0.15, 0.2) is 0 Å². The van der Waals surface area contributed by atoms with Crippen LogP contribution in [0.1, 0.15) is 0 Å². The van der Waals surface area contributed by atoms with Crippen molar-refractivity contribution in [1.82, 2.24) is 9.80 Å². The molecule has 0 unspecified atom stereocenters. The van der Waals surface area contributed by atoms with E-state index in [0.717, 1.165) is 0 Å². The van der Waals surface area contributed by atoms with Gasteiger partial charge in [0.2, 0.25) is 6.35 Å². The zero-order valence-electron chi connectivity index (χ0n) is 8.25. The summed E-state index contributed by atoms with van der Waals surface area (Å²) in [7, 11) is -0.0340. The van der Waals surface area contributed by atoms with Crippen molar-refractivity contribution < 1.29 is 12.6 Å². The van der Waals surface area contributed by atoms with Gasteiger partial charge in [0.05, 0.1) is 5.75 Å². The summed E-state index contributed by atoms with van der Waals surface area (Å²) in [5.74, 6) is -0.175. The molecular weight excluding hydrogens is 204 g/mol. The lowest BCUT2D eigenvalue weighted by atomic mass is 10.8. The lowest BCUT2D eigenvalue weighted by Crippen LogP contribution is -2.38. The summed E-state index contributed by atoms with van der Waals surface area (Å²) in [6.45, 7) is 3.36. The van der Waals surface area contributed by atoms with Gasteiger partial charge in [-0.1, -0.05) is 6.08 Å². The van der Waals surface area contributed by atoms with Gasteiger partial charge < -0.3 is 9.80 Å². The second-order valence-corrected chi connectivity index (χ2v) is 4.71. The molecule has 0 fully saturated rings. The zero-order valence-corrected chi connectivity index (χ0v) is 9.07. The van der Waals surface area contributed by atoms with Crippen LogP contribution in [0.2, 0.25) is 0 Å². The molecule has 0 atom stereocenters. The summed E-state index contributed by atoms with van der Waals surface area (Å²) >= 11 is 0. The maximum atomic E-state index is 11.3. The zero-order chi connectivity index (χ0) is 10.8.